The Morgan fingerprint density at radius 3 is 2.77 bits per heavy atom. The fourth-order valence-electron chi connectivity index (χ4n) is 2.42. The van der Waals surface area contributed by atoms with E-state index in [1.807, 2.05) is 6.07 Å². The molecule has 1 atom stereocenters. The lowest BCUT2D eigenvalue weighted by Crippen LogP contribution is -2.02. The van der Waals surface area contributed by atoms with Crippen molar-refractivity contribution in [3.05, 3.63) is 53.3 Å². The van der Waals surface area contributed by atoms with Crippen molar-refractivity contribution in [3.63, 3.8) is 0 Å². The fraction of sp³-hybridized carbons (Fsp3) is 0.133. The first-order valence-electron chi connectivity index (χ1n) is 6.33. The quantitative estimate of drug-likeness (QED) is 0.918. The SMILES string of the molecule is N#Cc1c(Oc2cccc(F)c2)ccc2c1[C@@H](O)CS2(=O)=O. The maximum absolute atomic E-state index is 13.2. The van der Waals surface area contributed by atoms with Crippen molar-refractivity contribution >= 4 is 9.84 Å². The number of benzene rings is 2. The van der Waals surface area contributed by atoms with Gasteiger partial charge in [-0.1, -0.05) is 6.07 Å². The Balaban J connectivity index is 2.12. The second kappa shape index (κ2) is 5.09. The maximum Gasteiger partial charge on any atom is 0.181 e. The zero-order chi connectivity index (χ0) is 15.9. The van der Waals surface area contributed by atoms with Crippen molar-refractivity contribution < 1.29 is 22.7 Å². The number of sulfone groups is 1. The number of hydrogen-bond acceptors (Lipinski definition) is 5. The van der Waals surface area contributed by atoms with Crippen molar-refractivity contribution in [2.24, 2.45) is 0 Å². The van der Waals surface area contributed by atoms with E-state index in [4.69, 9.17) is 4.74 Å². The van der Waals surface area contributed by atoms with Crippen molar-refractivity contribution in [2.45, 2.75) is 11.0 Å². The van der Waals surface area contributed by atoms with Crippen LogP contribution in [-0.4, -0.2) is 19.3 Å². The summed E-state index contributed by atoms with van der Waals surface area (Å²) >= 11 is 0. The Bertz CT molecular complexity index is 902. The molecule has 0 fully saturated rings. The summed E-state index contributed by atoms with van der Waals surface area (Å²) in [5.41, 5.74) is -0.0215. The van der Waals surface area contributed by atoms with Crippen LogP contribution < -0.4 is 4.74 Å². The summed E-state index contributed by atoms with van der Waals surface area (Å²) in [7, 11) is -3.60. The van der Waals surface area contributed by atoms with Gasteiger partial charge in [-0.15, -0.1) is 0 Å². The number of nitrogens with zero attached hydrogens (tertiary/aromatic N) is 1. The van der Waals surface area contributed by atoms with E-state index < -0.39 is 27.5 Å². The van der Waals surface area contributed by atoms with Gasteiger partial charge >= 0.3 is 0 Å². The fourth-order valence-corrected chi connectivity index (χ4v) is 4.03. The van der Waals surface area contributed by atoms with Gasteiger partial charge in [0, 0.05) is 11.6 Å². The first-order valence-corrected chi connectivity index (χ1v) is 7.99. The number of ether oxygens (including phenoxy) is 1. The minimum atomic E-state index is -3.60. The molecule has 5 nitrogen and oxygen atoms in total. The summed E-state index contributed by atoms with van der Waals surface area (Å²) in [6.07, 6.45) is -1.27. The summed E-state index contributed by atoms with van der Waals surface area (Å²) in [5.74, 6) is -0.713. The average Bonchev–Trinajstić information content (AvgIpc) is 2.68. The highest BCUT2D eigenvalue weighted by molar-refractivity contribution is 7.91. The van der Waals surface area contributed by atoms with E-state index in [1.54, 1.807) is 0 Å². The summed E-state index contributed by atoms with van der Waals surface area (Å²) in [4.78, 5) is -0.0665. The molecule has 0 aromatic heterocycles. The van der Waals surface area contributed by atoms with Gasteiger partial charge in [0.05, 0.1) is 16.8 Å². The monoisotopic (exact) mass is 319 g/mol. The van der Waals surface area contributed by atoms with Crippen molar-refractivity contribution in [1.82, 2.24) is 0 Å². The molecule has 0 amide bonds. The van der Waals surface area contributed by atoms with E-state index in [9.17, 15) is 23.2 Å². The van der Waals surface area contributed by atoms with Gasteiger partial charge in [0.2, 0.25) is 0 Å². The van der Waals surface area contributed by atoms with E-state index in [0.29, 0.717) is 0 Å². The highest BCUT2D eigenvalue weighted by Gasteiger charge is 2.37. The van der Waals surface area contributed by atoms with Gasteiger partial charge in [-0.05, 0) is 24.3 Å². The van der Waals surface area contributed by atoms with Crippen LogP contribution in [0.4, 0.5) is 4.39 Å². The van der Waals surface area contributed by atoms with Crippen molar-refractivity contribution in [2.75, 3.05) is 5.75 Å². The molecule has 3 rings (SSSR count). The van der Waals surface area contributed by atoms with Gasteiger partial charge in [0.25, 0.3) is 0 Å². The lowest BCUT2D eigenvalue weighted by molar-refractivity contribution is 0.203. The van der Waals surface area contributed by atoms with Gasteiger partial charge in [-0.3, -0.25) is 0 Å². The first kappa shape index (κ1) is 14.5. The average molecular weight is 319 g/mol. The maximum atomic E-state index is 13.2. The Morgan fingerprint density at radius 1 is 1.32 bits per heavy atom. The largest absolute Gasteiger partial charge is 0.456 e. The molecule has 2 aromatic rings. The molecular weight excluding hydrogens is 309 g/mol. The molecule has 112 valence electrons. The Kier molecular flexibility index (Phi) is 3.35. The number of rotatable bonds is 2. The Labute approximate surface area is 126 Å². The lowest BCUT2D eigenvalue weighted by Gasteiger charge is -2.11. The molecule has 1 aliphatic rings. The van der Waals surface area contributed by atoms with Gasteiger partial charge in [0.1, 0.15) is 28.9 Å². The predicted octanol–water partition coefficient (Wildman–Crippen LogP) is 2.31. The third-order valence-electron chi connectivity index (χ3n) is 3.35. The molecular formula is C15H10FNO4S. The summed E-state index contributed by atoms with van der Waals surface area (Å²) in [6, 6.07) is 9.82. The molecule has 1 N–H and O–H groups in total. The van der Waals surface area contributed by atoms with Gasteiger partial charge in [-0.25, -0.2) is 12.8 Å². The van der Waals surface area contributed by atoms with E-state index in [2.05, 4.69) is 0 Å². The second-order valence-electron chi connectivity index (χ2n) is 4.82. The topological polar surface area (TPSA) is 87.4 Å². The van der Waals surface area contributed by atoms with E-state index >= 15 is 0 Å². The van der Waals surface area contributed by atoms with Crippen LogP contribution in [0, 0.1) is 17.1 Å². The van der Waals surface area contributed by atoms with Crippen LogP contribution in [0.1, 0.15) is 17.2 Å². The zero-order valence-electron chi connectivity index (χ0n) is 11.2. The van der Waals surface area contributed by atoms with Gasteiger partial charge < -0.3 is 9.84 Å². The zero-order valence-corrected chi connectivity index (χ0v) is 12.0. The third kappa shape index (κ3) is 2.32. The van der Waals surface area contributed by atoms with Crippen molar-refractivity contribution in [1.29, 1.82) is 5.26 Å². The first-order chi connectivity index (χ1) is 10.4. The van der Waals surface area contributed by atoms with E-state index in [0.717, 1.165) is 6.07 Å². The third-order valence-corrected chi connectivity index (χ3v) is 5.13. The molecule has 7 heteroatoms. The molecule has 0 saturated carbocycles. The molecule has 0 spiro atoms. The number of nitriles is 1. The van der Waals surface area contributed by atoms with Crippen LogP contribution in [0.5, 0.6) is 11.5 Å². The minimum absolute atomic E-state index is 0.0383. The molecule has 0 radical (unpaired) electrons. The van der Waals surface area contributed by atoms with Crippen LogP contribution in [0.15, 0.2) is 41.3 Å². The van der Waals surface area contributed by atoms with E-state index in [-0.39, 0.29) is 27.5 Å². The Hall–Kier alpha value is -2.43. The van der Waals surface area contributed by atoms with Crippen LogP contribution in [0.2, 0.25) is 0 Å². The van der Waals surface area contributed by atoms with Crippen LogP contribution >= 0.6 is 0 Å². The normalized spacial score (nSPS) is 18.5. The highest BCUT2D eigenvalue weighted by Crippen LogP contribution is 2.40. The molecule has 0 saturated heterocycles. The number of halogens is 1. The van der Waals surface area contributed by atoms with Crippen molar-refractivity contribution in [3.8, 4) is 17.6 Å². The molecule has 1 heterocycles. The molecule has 0 unspecified atom stereocenters. The van der Waals surface area contributed by atoms with Crippen LogP contribution in [-0.2, 0) is 9.84 Å². The minimum Gasteiger partial charge on any atom is -0.456 e. The smallest absolute Gasteiger partial charge is 0.181 e. The predicted molar refractivity (Wildman–Crippen MR) is 74.6 cm³/mol. The number of fused-ring (bicyclic) bond motifs is 1. The molecule has 0 bridgehead atoms. The van der Waals surface area contributed by atoms with Crippen LogP contribution in [0.3, 0.4) is 0 Å². The number of hydrogen-bond donors (Lipinski definition) is 1. The summed E-state index contributed by atoms with van der Waals surface area (Å²) in [5, 5.41) is 19.2. The Morgan fingerprint density at radius 2 is 2.09 bits per heavy atom. The van der Waals surface area contributed by atoms with Gasteiger partial charge in [-0.2, -0.15) is 5.26 Å². The molecule has 22 heavy (non-hydrogen) atoms. The lowest BCUT2D eigenvalue weighted by atomic mass is 10.0. The highest BCUT2D eigenvalue weighted by atomic mass is 32.2. The van der Waals surface area contributed by atoms with Gasteiger partial charge in [0.15, 0.2) is 9.84 Å². The summed E-state index contributed by atoms with van der Waals surface area (Å²) in [6.45, 7) is 0. The molecule has 0 aliphatic carbocycles. The molecule has 2 aromatic carbocycles. The number of aliphatic hydroxyl groups is 1. The van der Waals surface area contributed by atoms with E-state index in [1.165, 1.54) is 30.3 Å². The number of aliphatic hydroxyl groups excluding tert-OH is 1. The summed E-state index contributed by atoms with van der Waals surface area (Å²) < 4.78 is 42.4. The standard InChI is InChI=1S/C15H10FNO4S/c16-9-2-1-3-10(6-9)21-13-4-5-14-15(11(13)7-17)12(18)8-22(14,19)20/h1-6,12,18H,8H2/t12-/m0/s1. The van der Waals surface area contributed by atoms with Crippen LogP contribution in [0.25, 0.3) is 0 Å². The molecule has 1 aliphatic heterocycles. The second-order valence-corrected chi connectivity index (χ2v) is 6.82.